The van der Waals surface area contributed by atoms with Gasteiger partial charge in [-0.1, -0.05) is 19.3 Å². The number of rotatable bonds is 9. The van der Waals surface area contributed by atoms with Crippen molar-refractivity contribution in [3.8, 4) is 0 Å². The molecule has 13 heavy (non-hydrogen) atoms. The van der Waals surface area contributed by atoms with Crippen molar-refractivity contribution >= 4 is 17.7 Å². The monoisotopic (exact) mass is 206 g/mol. The third-order valence-corrected chi connectivity index (χ3v) is 2.53. The number of aliphatic hydroxyl groups is 1. The summed E-state index contributed by atoms with van der Waals surface area (Å²) in [7, 11) is 0. The summed E-state index contributed by atoms with van der Waals surface area (Å²) in [6.45, 7) is 0. The van der Waals surface area contributed by atoms with E-state index in [0.717, 1.165) is 37.9 Å². The van der Waals surface area contributed by atoms with E-state index in [1.165, 1.54) is 11.8 Å². The number of carboxylic acids is 1. The van der Waals surface area contributed by atoms with Crippen molar-refractivity contribution in [1.29, 1.82) is 0 Å². The molecule has 0 aromatic carbocycles. The molecule has 4 heteroatoms. The van der Waals surface area contributed by atoms with Crippen molar-refractivity contribution in [2.45, 2.75) is 38.5 Å². The molecule has 0 amide bonds. The van der Waals surface area contributed by atoms with E-state index in [0.29, 0.717) is 6.42 Å². The molecule has 0 saturated heterocycles. The largest absolute Gasteiger partial charge is 0.481 e. The predicted octanol–water partition coefficient (Wildman–Crippen LogP) is 2.09. The Morgan fingerprint density at radius 2 is 1.69 bits per heavy atom. The highest BCUT2D eigenvalue weighted by Crippen LogP contribution is 2.08. The van der Waals surface area contributed by atoms with Gasteiger partial charge in [-0.2, -0.15) is 0 Å². The summed E-state index contributed by atoms with van der Waals surface area (Å²) in [4.78, 5) is 10.1. The van der Waals surface area contributed by atoms with Crippen LogP contribution in [0.25, 0.3) is 0 Å². The summed E-state index contributed by atoms with van der Waals surface area (Å²) in [6, 6.07) is 0. The number of hydrogen-bond donors (Lipinski definition) is 2. The molecule has 0 radical (unpaired) electrons. The SMILES string of the molecule is O=C(O)CCCCCCCSCO. The molecule has 0 fully saturated rings. The molecule has 3 nitrogen and oxygen atoms in total. The fourth-order valence-electron chi connectivity index (χ4n) is 1.08. The molecular weight excluding hydrogens is 188 g/mol. The summed E-state index contributed by atoms with van der Waals surface area (Å²) >= 11 is 1.54. The van der Waals surface area contributed by atoms with E-state index < -0.39 is 5.97 Å². The Labute approximate surface area is 83.5 Å². The van der Waals surface area contributed by atoms with Gasteiger partial charge < -0.3 is 10.2 Å². The maximum atomic E-state index is 10.1. The highest BCUT2D eigenvalue weighted by atomic mass is 32.2. The molecule has 0 heterocycles. The summed E-state index contributed by atoms with van der Waals surface area (Å²) in [6.07, 6.45) is 5.48. The first-order chi connectivity index (χ1) is 6.27. The van der Waals surface area contributed by atoms with Crippen LogP contribution in [0, 0.1) is 0 Å². The van der Waals surface area contributed by atoms with Gasteiger partial charge in [0.25, 0.3) is 0 Å². The lowest BCUT2D eigenvalue weighted by Crippen LogP contribution is -1.93. The minimum atomic E-state index is -0.698. The topological polar surface area (TPSA) is 57.5 Å². The van der Waals surface area contributed by atoms with Crippen LogP contribution in [0.1, 0.15) is 38.5 Å². The molecule has 0 aliphatic carbocycles. The molecule has 0 rings (SSSR count). The van der Waals surface area contributed by atoms with Crippen LogP contribution in [0.2, 0.25) is 0 Å². The van der Waals surface area contributed by atoms with Crippen molar-refractivity contribution in [2.75, 3.05) is 11.7 Å². The van der Waals surface area contributed by atoms with Crippen LogP contribution in [-0.2, 0) is 4.79 Å². The standard InChI is InChI=1S/C9H18O3S/c10-8-13-7-5-3-1-2-4-6-9(11)12/h10H,1-8H2,(H,11,12). The van der Waals surface area contributed by atoms with E-state index >= 15 is 0 Å². The van der Waals surface area contributed by atoms with E-state index in [-0.39, 0.29) is 5.94 Å². The van der Waals surface area contributed by atoms with Gasteiger partial charge >= 0.3 is 5.97 Å². The molecule has 0 unspecified atom stereocenters. The molecule has 0 saturated carbocycles. The van der Waals surface area contributed by atoms with Gasteiger partial charge in [0.15, 0.2) is 0 Å². The van der Waals surface area contributed by atoms with Crippen molar-refractivity contribution in [2.24, 2.45) is 0 Å². The van der Waals surface area contributed by atoms with E-state index in [2.05, 4.69) is 0 Å². The smallest absolute Gasteiger partial charge is 0.303 e. The van der Waals surface area contributed by atoms with Crippen molar-refractivity contribution in [3.63, 3.8) is 0 Å². The Kier molecular flexibility index (Phi) is 9.70. The Bertz CT molecular complexity index is 128. The maximum Gasteiger partial charge on any atom is 0.303 e. The van der Waals surface area contributed by atoms with Crippen LogP contribution in [0.15, 0.2) is 0 Å². The van der Waals surface area contributed by atoms with Crippen molar-refractivity contribution in [1.82, 2.24) is 0 Å². The Morgan fingerprint density at radius 1 is 1.08 bits per heavy atom. The molecule has 78 valence electrons. The van der Waals surface area contributed by atoms with Crippen LogP contribution in [0.4, 0.5) is 0 Å². The second kappa shape index (κ2) is 9.86. The van der Waals surface area contributed by atoms with Crippen LogP contribution in [0.5, 0.6) is 0 Å². The second-order valence-electron chi connectivity index (χ2n) is 2.95. The molecule has 0 aliphatic rings. The fourth-order valence-corrected chi connectivity index (χ4v) is 1.61. The average Bonchev–Trinajstić information content (AvgIpc) is 2.09. The molecule has 0 aliphatic heterocycles. The van der Waals surface area contributed by atoms with Crippen molar-refractivity contribution < 1.29 is 15.0 Å². The Balaban J connectivity index is 2.87. The van der Waals surface area contributed by atoms with Crippen LogP contribution in [0.3, 0.4) is 0 Å². The summed E-state index contributed by atoms with van der Waals surface area (Å²) in [5.41, 5.74) is 0. The number of aliphatic carboxylic acids is 1. The molecule has 0 aromatic rings. The lowest BCUT2D eigenvalue weighted by Gasteiger charge is -1.99. The number of carbonyl (C=O) groups is 1. The van der Waals surface area contributed by atoms with Gasteiger partial charge in [-0.15, -0.1) is 11.8 Å². The first kappa shape index (κ1) is 12.8. The third kappa shape index (κ3) is 11.8. The first-order valence-corrected chi connectivity index (χ1v) is 5.83. The Hall–Kier alpha value is -0.220. The van der Waals surface area contributed by atoms with E-state index in [4.69, 9.17) is 10.2 Å². The molecule has 0 atom stereocenters. The van der Waals surface area contributed by atoms with E-state index in [1.54, 1.807) is 0 Å². The minimum absolute atomic E-state index is 0.207. The van der Waals surface area contributed by atoms with Gasteiger partial charge in [0.05, 0.1) is 5.94 Å². The quantitative estimate of drug-likeness (QED) is 0.448. The fraction of sp³-hybridized carbons (Fsp3) is 0.889. The number of hydrogen-bond acceptors (Lipinski definition) is 3. The summed E-state index contributed by atoms with van der Waals surface area (Å²) in [5, 5.41) is 16.8. The Morgan fingerprint density at radius 3 is 2.31 bits per heavy atom. The number of aliphatic hydroxyl groups excluding tert-OH is 1. The number of thioether (sulfide) groups is 1. The molecular formula is C9H18O3S. The minimum Gasteiger partial charge on any atom is -0.481 e. The lowest BCUT2D eigenvalue weighted by molar-refractivity contribution is -0.137. The highest BCUT2D eigenvalue weighted by Gasteiger charge is 1.96. The zero-order valence-electron chi connectivity index (χ0n) is 7.87. The van der Waals surface area contributed by atoms with Gasteiger partial charge in [-0.05, 0) is 18.6 Å². The number of unbranched alkanes of at least 4 members (excludes halogenated alkanes) is 4. The summed E-state index contributed by atoms with van der Waals surface area (Å²) < 4.78 is 0. The van der Waals surface area contributed by atoms with E-state index in [9.17, 15) is 4.79 Å². The lowest BCUT2D eigenvalue weighted by atomic mass is 10.1. The average molecular weight is 206 g/mol. The zero-order chi connectivity index (χ0) is 9.94. The van der Waals surface area contributed by atoms with Gasteiger partial charge in [-0.3, -0.25) is 4.79 Å². The van der Waals surface area contributed by atoms with Gasteiger partial charge in [0.2, 0.25) is 0 Å². The normalized spacial score (nSPS) is 10.2. The molecule has 0 aromatic heterocycles. The van der Waals surface area contributed by atoms with Gasteiger partial charge in [0, 0.05) is 6.42 Å². The third-order valence-electron chi connectivity index (χ3n) is 1.77. The molecule has 0 bridgehead atoms. The summed E-state index contributed by atoms with van der Waals surface area (Å²) in [5.74, 6) is 0.518. The zero-order valence-corrected chi connectivity index (χ0v) is 8.68. The first-order valence-electron chi connectivity index (χ1n) is 4.67. The van der Waals surface area contributed by atoms with Gasteiger partial charge in [-0.25, -0.2) is 0 Å². The molecule has 0 spiro atoms. The maximum absolute atomic E-state index is 10.1. The van der Waals surface area contributed by atoms with Gasteiger partial charge in [0.1, 0.15) is 0 Å². The number of carboxylic acid groups (broad SMARTS) is 1. The predicted molar refractivity (Wildman–Crippen MR) is 54.9 cm³/mol. The van der Waals surface area contributed by atoms with E-state index in [1.807, 2.05) is 0 Å². The van der Waals surface area contributed by atoms with Crippen molar-refractivity contribution in [3.05, 3.63) is 0 Å². The van der Waals surface area contributed by atoms with Crippen LogP contribution in [-0.4, -0.2) is 27.9 Å². The highest BCUT2D eigenvalue weighted by molar-refractivity contribution is 7.99. The van der Waals surface area contributed by atoms with Crippen LogP contribution < -0.4 is 0 Å². The van der Waals surface area contributed by atoms with Crippen LogP contribution >= 0.6 is 11.8 Å². The molecule has 2 N–H and O–H groups in total. The second-order valence-corrected chi connectivity index (χ2v) is 4.02.